The van der Waals surface area contributed by atoms with E-state index in [0.717, 1.165) is 5.56 Å². The first-order valence-electron chi connectivity index (χ1n) is 8.77. The summed E-state index contributed by atoms with van der Waals surface area (Å²) in [5, 5.41) is 0. The van der Waals surface area contributed by atoms with Crippen molar-refractivity contribution in [3.8, 4) is 0 Å². The molecule has 1 aliphatic heterocycles. The maximum Gasteiger partial charge on any atom is 0.345 e. The molecular weight excluding hydrogens is 337 g/mol. The number of aliphatic imine (C=N–C) groups is 1. The van der Waals surface area contributed by atoms with Gasteiger partial charge in [0.2, 0.25) is 0 Å². The summed E-state index contributed by atoms with van der Waals surface area (Å²) in [4.78, 5) is 29.5. The molecular formula is C20H24FNO4. The van der Waals surface area contributed by atoms with E-state index in [0.29, 0.717) is 18.6 Å². The predicted molar refractivity (Wildman–Crippen MR) is 96.6 cm³/mol. The van der Waals surface area contributed by atoms with Gasteiger partial charge in [-0.1, -0.05) is 18.2 Å². The topological polar surface area (TPSA) is 65.0 Å². The minimum atomic E-state index is -1.65. The molecule has 5 nitrogen and oxygen atoms in total. The normalized spacial score (nSPS) is 16.5. The molecule has 0 saturated carbocycles. The Labute approximate surface area is 152 Å². The fourth-order valence-corrected chi connectivity index (χ4v) is 3.12. The molecule has 26 heavy (non-hydrogen) atoms. The van der Waals surface area contributed by atoms with Crippen LogP contribution in [0.25, 0.3) is 0 Å². The molecule has 2 rings (SSSR count). The summed E-state index contributed by atoms with van der Waals surface area (Å²) in [5.41, 5.74) is -0.105. The highest BCUT2D eigenvalue weighted by Crippen LogP contribution is 2.36. The third kappa shape index (κ3) is 4.00. The molecule has 1 aliphatic rings. The lowest BCUT2D eigenvalue weighted by molar-refractivity contribution is -0.163. The molecule has 0 spiro atoms. The largest absolute Gasteiger partial charge is 0.464 e. The van der Waals surface area contributed by atoms with Gasteiger partial charge in [-0.15, -0.1) is 6.58 Å². The second-order valence-corrected chi connectivity index (χ2v) is 6.03. The van der Waals surface area contributed by atoms with Gasteiger partial charge >= 0.3 is 11.9 Å². The van der Waals surface area contributed by atoms with Gasteiger partial charge in [-0.25, -0.2) is 14.0 Å². The molecule has 0 saturated heterocycles. The van der Waals surface area contributed by atoms with Crippen LogP contribution in [0.5, 0.6) is 0 Å². The third-order valence-electron chi connectivity index (χ3n) is 4.38. The summed E-state index contributed by atoms with van der Waals surface area (Å²) in [7, 11) is 0. The summed E-state index contributed by atoms with van der Waals surface area (Å²) in [6.07, 6.45) is 2.96. The van der Waals surface area contributed by atoms with Gasteiger partial charge in [-0.2, -0.15) is 0 Å². The van der Waals surface area contributed by atoms with Gasteiger partial charge in [0.05, 0.1) is 13.2 Å². The number of esters is 2. The smallest absolute Gasteiger partial charge is 0.345 e. The van der Waals surface area contributed by atoms with Gasteiger partial charge in [0.25, 0.3) is 5.54 Å². The van der Waals surface area contributed by atoms with Gasteiger partial charge in [0.15, 0.2) is 0 Å². The molecule has 1 aromatic carbocycles. The van der Waals surface area contributed by atoms with E-state index < -0.39 is 17.5 Å². The summed E-state index contributed by atoms with van der Waals surface area (Å²) in [6.45, 7) is 7.42. The van der Waals surface area contributed by atoms with Crippen LogP contribution in [0.4, 0.5) is 4.39 Å². The van der Waals surface area contributed by atoms with E-state index in [2.05, 4.69) is 11.6 Å². The molecule has 1 atom stereocenters. The number of halogens is 1. The highest BCUT2D eigenvalue weighted by molar-refractivity contribution is 6.10. The fourth-order valence-electron chi connectivity index (χ4n) is 3.12. The molecule has 6 heteroatoms. The van der Waals surface area contributed by atoms with Crippen LogP contribution in [-0.2, 0) is 19.1 Å². The SMILES string of the molecule is C=CCC(C1=NC(C(=O)OCC)(C(=O)OCC)CC1)c1ccc(F)cc1. The van der Waals surface area contributed by atoms with Crippen LogP contribution >= 0.6 is 0 Å². The van der Waals surface area contributed by atoms with Crippen molar-refractivity contribution in [2.75, 3.05) is 13.2 Å². The number of ether oxygens (including phenoxy) is 2. The Morgan fingerprint density at radius 2 is 1.81 bits per heavy atom. The number of carbonyl (C=O) groups is 2. The highest BCUT2D eigenvalue weighted by atomic mass is 19.1. The van der Waals surface area contributed by atoms with Gasteiger partial charge < -0.3 is 9.47 Å². The van der Waals surface area contributed by atoms with E-state index in [1.807, 2.05) is 0 Å². The second-order valence-electron chi connectivity index (χ2n) is 6.03. The second kappa shape index (κ2) is 8.74. The van der Waals surface area contributed by atoms with Crippen LogP contribution in [-0.4, -0.2) is 36.4 Å². The van der Waals surface area contributed by atoms with Crippen molar-refractivity contribution in [3.05, 3.63) is 48.3 Å². The average Bonchev–Trinajstić information content (AvgIpc) is 3.07. The van der Waals surface area contributed by atoms with E-state index in [9.17, 15) is 14.0 Å². The van der Waals surface area contributed by atoms with E-state index in [1.165, 1.54) is 12.1 Å². The monoisotopic (exact) mass is 361 g/mol. The predicted octanol–water partition coefficient (Wildman–Crippen LogP) is 3.59. The first-order chi connectivity index (χ1) is 12.5. The number of nitrogens with zero attached hydrogens (tertiary/aromatic N) is 1. The van der Waals surface area contributed by atoms with Crippen molar-refractivity contribution in [3.63, 3.8) is 0 Å². The number of rotatable bonds is 8. The Morgan fingerprint density at radius 1 is 1.23 bits per heavy atom. The summed E-state index contributed by atoms with van der Waals surface area (Å²) < 4.78 is 23.4. The first kappa shape index (κ1) is 19.8. The molecule has 0 aliphatic carbocycles. The number of benzene rings is 1. The molecule has 0 amide bonds. The lowest BCUT2D eigenvalue weighted by Crippen LogP contribution is -2.45. The highest BCUT2D eigenvalue weighted by Gasteiger charge is 2.52. The van der Waals surface area contributed by atoms with Crippen LogP contribution in [0, 0.1) is 5.82 Å². The van der Waals surface area contributed by atoms with Crippen LogP contribution in [0.15, 0.2) is 41.9 Å². The Morgan fingerprint density at radius 3 is 2.31 bits per heavy atom. The maximum absolute atomic E-state index is 13.2. The zero-order valence-electron chi connectivity index (χ0n) is 15.2. The molecule has 0 radical (unpaired) electrons. The zero-order chi connectivity index (χ0) is 19.2. The Kier molecular flexibility index (Phi) is 6.66. The lowest BCUT2D eigenvalue weighted by atomic mass is 9.89. The minimum absolute atomic E-state index is 0.152. The number of hydrogen-bond acceptors (Lipinski definition) is 5. The van der Waals surface area contributed by atoms with Crippen LogP contribution in [0.1, 0.15) is 44.6 Å². The van der Waals surface area contributed by atoms with Crippen molar-refractivity contribution in [2.45, 2.75) is 44.6 Å². The van der Waals surface area contributed by atoms with Crippen molar-refractivity contribution in [1.82, 2.24) is 0 Å². The molecule has 0 N–H and O–H groups in total. The van der Waals surface area contributed by atoms with E-state index in [-0.39, 0.29) is 31.4 Å². The summed E-state index contributed by atoms with van der Waals surface area (Å²) in [6, 6.07) is 6.12. The van der Waals surface area contributed by atoms with E-state index in [1.54, 1.807) is 32.1 Å². The van der Waals surface area contributed by atoms with E-state index in [4.69, 9.17) is 9.47 Å². The maximum atomic E-state index is 13.2. The molecule has 0 fully saturated rings. The molecule has 140 valence electrons. The zero-order valence-corrected chi connectivity index (χ0v) is 15.2. The third-order valence-corrected chi connectivity index (χ3v) is 4.38. The lowest BCUT2D eigenvalue weighted by Gasteiger charge is -2.21. The number of hydrogen-bond donors (Lipinski definition) is 0. The first-order valence-corrected chi connectivity index (χ1v) is 8.77. The molecule has 0 aromatic heterocycles. The van der Waals surface area contributed by atoms with Gasteiger partial charge in [-0.05, 0) is 50.8 Å². The van der Waals surface area contributed by atoms with Crippen molar-refractivity contribution in [2.24, 2.45) is 4.99 Å². The van der Waals surface area contributed by atoms with Gasteiger partial charge in [0, 0.05) is 11.6 Å². The number of carbonyl (C=O) groups excluding carboxylic acids is 2. The Hall–Kier alpha value is -2.50. The molecule has 0 bridgehead atoms. The van der Waals surface area contributed by atoms with Crippen LogP contribution < -0.4 is 0 Å². The molecule has 1 aromatic rings. The molecule has 1 heterocycles. The quantitative estimate of drug-likeness (QED) is 0.403. The van der Waals surface area contributed by atoms with E-state index >= 15 is 0 Å². The van der Waals surface area contributed by atoms with Crippen molar-refractivity contribution >= 4 is 17.7 Å². The number of allylic oxidation sites excluding steroid dienone is 1. The average molecular weight is 361 g/mol. The Balaban J connectivity index is 2.42. The van der Waals surface area contributed by atoms with Crippen LogP contribution in [0.2, 0.25) is 0 Å². The van der Waals surface area contributed by atoms with Crippen molar-refractivity contribution < 1.29 is 23.5 Å². The minimum Gasteiger partial charge on any atom is -0.464 e. The Bertz CT molecular complexity index is 678. The van der Waals surface area contributed by atoms with Gasteiger partial charge in [0.1, 0.15) is 5.82 Å². The summed E-state index contributed by atoms with van der Waals surface area (Å²) >= 11 is 0. The molecule has 1 unspecified atom stereocenters. The van der Waals surface area contributed by atoms with Gasteiger partial charge in [-0.3, -0.25) is 4.99 Å². The summed E-state index contributed by atoms with van der Waals surface area (Å²) in [5.74, 6) is -1.89. The van der Waals surface area contributed by atoms with Crippen molar-refractivity contribution in [1.29, 1.82) is 0 Å². The van der Waals surface area contributed by atoms with Crippen LogP contribution in [0.3, 0.4) is 0 Å². The fraction of sp³-hybridized carbons (Fsp3) is 0.450. The standard InChI is InChI=1S/C20H24FNO4/c1-4-7-16(14-8-10-15(21)11-9-14)17-12-13-20(22-17,18(23)25-5-2)19(24)26-6-3/h4,8-11,16H,1,5-7,12-13H2,2-3H3.